The smallest absolute Gasteiger partial charge is 0.326 e. The maximum Gasteiger partial charge on any atom is 0.326 e. The molecule has 5 atom stereocenters. The molecule has 176 valence electrons. The second-order valence-corrected chi connectivity index (χ2v) is 7.18. The van der Waals surface area contributed by atoms with Crippen LogP contribution in [-0.2, 0) is 28.8 Å². The highest BCUT2D eigenvalue weighted by molar-refractivity contribution is 7.80. The molecular formula is C17H28N4O9S. The number of rotatable bonds is 14. The highest BCUT2D eigenvalue weighted by atomic mass is 32.1. The van der Waals surface area contributed by atoms with Crippen LogP contribution in [0.1, 0.15) is 33.1 Å². The third kappa shape index (κ3) is 10.1. The predicted octanol–water partition coefficient (Wildman–Crippen LogP) is -2.22. The van der Waals surface area contributed by atoms with Gasteiger partial charge in [-0.05, 0) is 5.92 Å². The first-order valence-electron chi connectivity index (χ1n) is 9.27. The Hall–Kier alpha value is -2.87. The van der Waals surface area contributed by atoms with E-state index in [0.717, 1.165) is 0 Å². The second kappa shape index (κ2) is 13.4. The fourth-order valence-electron chi connectivity index (χ4n) is 2.35. The zero-order valence-electron chi connectivity index (χ0n) is 17.0. The van der Waals surface area contributed by atoms with Crippen molar-refractivity contribution in [2.45, 2.75) is 57.3 Å². The number of nitrogens with two attached hydrogens (primary N) is 1. The summed E-state index contributed by atoms with van der Waals surface area (Å²) in [7, 11) is 0. The van der Waals surface area contributed by atoms with E-state index in [0.29, 0.717) is 6.42 Å². The third-order valence-electron chi connectivity index (χ3n) is 4.33. The Morgan fingerprint density at radius 1 is 0.839 bits per heavy atom. The van der Waals surface area contributed by atoms with Crippen LogP contribution in [0.25, 0.3) is 0 Å². The largest absolute Gasteiger partial charge is 0.481 e. The van der Waals surface area contributed by atoms with Gasteiger partial charge >= 0.3 is 17.9 Å². The van der Waals surface area contributed by atoms with E-state index in [1.807, 2.05) is 5.32 Å². The van der Waals surface area contributed by atoms with Gasteiger partial charge in [-0.15, -0.1) is 0 Å². The molecule has 5 unspecified atom stereocenters. The molecule has 0 spiro atoms. The van der Waals surface area contributed by atoms with Crippen LogP contribution in [0, 0.1) is 5.92 Å². The van der Waals surface area contributed by atoms with E-state index in [1.54, 1.807) is 13.8 Å². The van der Waals surface area contributed by atoms with Gasteiger partial charge in [0, 0.05) is 5.75 Å². The van der Waals surface area contributed by atoms with Crippen LogP contribution >= 0.6 is 12.6 Å². The number of carboxylic acids is 3. The Kier molecular flexibility index (Phi) is 12.2. The number of amides is 3. The van der Waals surface area contributed by atoms with E-state index in [2.05, 4.69) is 23.3 Å². The molecule has 0 fully saturated rings. The van der Waals surface area contributed by atoms with Crippen molar-refractivity contribution in [3.05, 3.63) is 0 Å². The summed E-state index contributed by atoms with van der Waals surface area (Å²) in [4.78, 5) is 69.7. The number of nitrogens with one attached hydrogen (secondary N) is 3. The van der Waals surface area contributed by atoms with E-state index in [4.69, 9.17) is 21.1 Å². The summed E-state index contributed by atoms with van der Waals surface area (Å²) in [5, 5.41) is 33.2. The van der Waals surface area contributed by atoms with Gasteiger partial charge in [0.25, 0.3) is 0 Å². The average Bonchev–Trinajstić information content (AvgIpc) is 2.67. The molecular weight excluding hydrogens is 436 g/mol. The Balaban J connectivity index is 5.32. The van der Waals surface area contributed by atoms with E-state index in [-0.39, 0.29) is 5.75 Å². The monoisotopic (exact) mass is 464 g/mol. The van der Waals surface area contributed by atoms with Crippen molar-refractivity contribution < 1.29 is 44.1 Å². The molecule has 3 amide bonds. The lowest BCUT2D eigenvalue weighted by atomic mass is 9.97. The highest BCUT2D eigenvalue weighted by Gasteiger charge is 2.32. The molecule has 0 heterocycles. The molecule has 8 N–H and O–H groups in total. The summed E-state index contributed by atoms with van der Waals surface area (Å²) < 4.78 is 0. The van der Waals surface area contributed by atoms with Crippen molar-refractivity contribution in [2.75, 3.05) is 5.75 Å². The highest BCUT2D eigenvalue weighted by Crippen LogP contribution is 2.09. The van der Waals surface area contributed by atoms with Gasteiger partial charge in [-0.25, -0.2) is 4.79 Å². The van der Waals surface area contributed by atoms with Crippen LogP contribution in [0.4, 0.5) is 0 Å². The van der Waals surface area contributed by atoms with Gasteiger partial charge < -0.3 is 37.0 Å². The lowest BCUT2D eigenvalue weighted by Crippen LogP contribution is -2.59. The summed E-state index contributed by atoms with van der Waals surface area (Å²) in [5.41, 5.74) is 5.50. The van der Waals surface area contributed by atoms with Crippen molar-refractivity contribution >= 4 is 48.3 Å². The molecule has 0 saturated heterocycles. The quantitative estimate of drug-likeness (QED) is 0.129. The summed E-state index contributed by atoms with van der Waals surface area (Å²) in [6, 6.07) is -5.61. The molecule has 0 aromatic carbocycles. The molecule has 0 bridgehead atoms. The number of carboxylic acid groups (broad SMARTS) is 3. The molecule has 0 aliphatic rings. The van der Waals surface area contributed by atoms with Gasteiger partial charge in [0.05, 0.1) is 18.9 Å². The summed E-state index contributed by atoms with van der Waals surface area (Å²) in [5.74, 6) is -7.65. The maximum atomic E-state index is 12.7. The van der Waals surface area contributed by atoms with Crippen molar-refractivity contribution in [3.8, 4) is 0 Å². The zero-order chi connectivity index (χ0) is 24.3. The number of thiol groups is 1. The molecule has 0 rings (SSSR count). The topological polar surface area (TPSA) is 225 Å². The molecule has 0 aromatic rings. The Morgan fingerprint density at radius 2 is 1.35 bits per heavy atom. The second-order valence-electron chi connectivity index (χ2n) is 6.82. The summed E-state index contributed by atoms with van der Waals surface area (Å²) in [6.45, 7) is 3.37. The minimum absolute atomic E-state index is 0.253. The fraction of sp³-hybridized carbons (Fsp3) is 0.647. The number of aliphatic carboxylic acids is 3. The molecule has 0 aromatic heterocycles. The molecule has 0 saturated carbocycles. The normalized spacial score (nSPS) is 15.5. The van der Waals surface area contributed by atoms with Crippen molar-refractivity contribution in [3.63, 3.8) is 0 Å². The molecule has 0 aliphatic carbocycles. The van der Waals surface area contributed by atoms with Crippen molar-refractivity contribution in [1.82, 2.24) is 16.0 Å². The number of carbonyl (C=O) groups is 6. The predicted molar refractivity (Wildman–Crippen MR) is 109 cm³/mol. The van der Waals surface area contributed by atoms with Crippen LogP contribution in [-0.4, -0.2) is 80.9 Å². The standard InChI is InChI=1S/C17H28N4O9S/c1-3-7(2)13(21-14(26)8(18)4-11(22)23)16(28)20-10(6-31)15(27)19-9(17(29)30)5-12(24)25/h7-10,13,31H,3-6,18H2,1-2H3,(H,19,27)(H,20,28)(H,21,26)(H,22,23)(H,24,25)(H,29,30). The lowest BCUT2D eigenvalue weighted by molar-refractivity contribution is -0.147. The first-order valence-corrected chi connectivity index (χ1v) is 9.91. The lowest BCUT2D eigenvalue weighted by Gasteiger charge is -2.27. The minimum atomic E-state index is -1.72. The maximum absolute atomic E-state index is 12.7. The van der Waals surface area contributed by atoms with Crippen molar-refractivity contribution in [2.24, 2.45) is 11.7 Å². The Labute approximate surface area is 183 Å². The van der Waals surface area contributed by atoms with Crippen LogP contribution < -0.4 is 21.7 Å². The Bertz CT molecular complexity index is 703. The molecule has 31 heavy (non-hydrogen) atoms. The summed E-state index contributed by atoms with van der Waals surface area (Å²) in [6.07, 6.45) is -1.09. The Morgan fingerprint density at radius 3 is 1.77 bits per heavy atom. The van der Waals surface area contributed by atoms with Crippen LogP contribution in [0.5, 0.6) is 0 Å². The van der Waals surface area contributed by atoms with Gasteiger partial charge in [0.2, 0.25) is 17.7 Å². The SMILES string of the molecule is CCC(C)C(NC(=O)C(N)CC(=O)O)C(=O)NC(CS)C(=O)NC(CC(=O)O)C(=O)O. The zero-order valence-corrected chi connectivity index (χ0v) is 17.9. The van der Waals surface area contributed by atoms with Crippen LogP contribution in [0.3, 0.4) is 0 Å². The fourth-order valence-corrected chi connectivity index (χ4v) is 2.60. The molecule has 0 radical (unpaired) electrons. The van der Waals surface area contributed by atoms with Gasteiger partial charge in [0.15, 0.2) is 0 Å². The van der Waals surface area contributed by atoms with Crippen molar-refractivity contribution in [1.29, 1.82) is 0 Å². The van der Waals surface area contributed by atoms with Gasteiger partial charge in [-0.3, -0.25) is 24.0 Å². The molecule has 13 nitrogen and oxygen atoms in total. The van der Waals surface area contributed by atoms with Gasteiger partial charge in [-0.1, -0.05) is 20.3 Å². The average molecular weight is 464 g/mol. The number of carbonyl (C=O) groups excluding carboxylic acids is 3. The van der Waals surface area contributed by atoms with E-state index in [1.165, 1.54) is 0 Å². The third-order valence-corrected chi connectivity index (χ3v) is 4.70. The number of hydrogen-bond donors (Lipinski definition) is 8. The van der Waals surface area contributed by atoms with Crippen LogP contribution in [0.2, 0.25) is 0 Å². The van der Waals surface area contributed by atoms with E-state index < -0.39 is 78.6 Å². The van der Waals surface area contributed by atoms with E-state index >= 15 is 0 Å². The molecule has 0 aliphatic heterocycles. The first kappa shape index (κ1) is 28.1. The van der Waals surface area contributed by atoms with Crippen LogP contribution in [0.15, 0.2) is 0 Å². The minimum Gasteiger partial charge on any atom is -0.481 e. The van der Waals surface area contributed by atoms with E-state index in [9.17, 15) is 28.8 Å². The first-order chi connectivity index (χ1) is 14.3. The van der Waals surface area contributed by atoms with Gasteiger partial charge in [-0.2, -0.15) is 12.6 Å². The summed E-state index contributed by atoms with van der Waals surface area (Å²) >= 11 is 3.94. The molecule has 14 heteroatoms. The van der Waals surface area contributed by atoms with Gasteiger partial charge in [0.1, 0.15) is 18.1 Å². The number of hydrogen-bond acceptors (Lipinski definition) is 8.